The Bertz CT molecular complexity index is 1050. The van der Waals surface area contributed by atoms with E-state index in [1.54, 1.807) is 24.3 Å². The van der Waals surface area contributed by atoms with Gasteiger partial charge < -0.3 is 0 Å². The Kier molecular flexibility index (Phi) is 3.21. The fraction of sp³-hybridized carbons (Fsp3) is 0.250. The van der Waals surface area contributed by atoms with Crippen LogP contribution in [0.1, 0.15) is 12.1 Å². The summed E-state index contributed by atoms with van der Waals surface area (Å²) in [7, 11) is 0. The molecule has 8 heteroatoms. The molecule has 0 aromatic carbocycles. The second-order valence-electron chi connectivity index (χ2n) is 5.67. The van der Waals surface area contributed by atoms with Crippen molar-refractivity contribution in [1.82, 2.24) is 14.5 Å². The fourth-order valence-electron chi connectivity index (χ4n) is 2.66. The van der Waals surface area contributed by atoms with Crippen LogP contribution in [-0.4, -0.2) is 20.5 Å². The average molecular weight is 344 g/mol. The van der Waals surface area contributed by atoms with E-state index in [1.807, 2.05) is 6.07 Å². The zero-order valence-electron chi connectivity index (χ0n) is 12.2. The normalized spacial score (nSPS) is 18.5. The lowest BCUT2D eigenvalue weighted by Gasteiger charge is -2.05. The van der Waals surface area contributed by atoms with Crippen molar-refractivity contribution in [3.8, 4) is 17.3 Å². The fourth-order valence-corrected chi connectivity index (χ4v) is 3.54. The Hall–Kier alpha value is -2.66. The van der Waals surface area contributed by atoms with Crippen LogP contribution in [0.5, 0.6) is 0 Å². The number of nitriles is 1. The minimum Gasteiger partial charge on any atom is -0.297 e. The van der Waals surface area contributed by atoms with Gasteiger partial charge in [-0.15, -0.1) is 0 Å². The molecule has 1 unspecified atom stereocenters. The zero-order chi connectivity index (χ0) is 16.9. The van der Waals surface area contributed by atoms with Gasteiger partial charge in [-0.1, -0.05) is 11.3 Å². The quantitative estimate of drug-likeness (QED) is 0.732. The Morgan fingerprint density at radius 1 is 1.42 bits per heavy atom. The molecule has 3 aromatic heterocycles. The van der Waals surface area contributed by atoms with Crippen molar-refractivity contribution in [2.75, 3.05) is 0 Å². The predicted octanol–water partition coefficient (Wildman–Crippen LogP) is 3.05. The van der Waals surface area contributed by atoms with Crippen molar-refractivity contribution in [3.63, 3.8) is 0 Å². The molecule has 24 heavy (non-hydrogen) atoms. The highest BCUT2D eigenvalue weighted by Crippen LogP contribution is 2.49. The Morgan fingerprint density at radius 2 is 2.21 bits per heavy atom. The van der Waals surface area contributed by atoms with Crippen molar-refractivity contribution < 1.29 is 8.78 Å². The number of halogens is 2. The van der Waals surface area contributed by atoms with Crippen molar-refractivity contribution in [1.29, 1.82) is 5.26 Å². The largest absolute Gasteiger partial charge is 0.309 e. The van der Waals surface area contributed by atoms with E-state index in [4.69, 9.17) is 5.26 Å². The van der Waals surface area contributed by atoms with Crippen LogP contribution in [-0.2, 0) is 6.54 Å². The van der Waals surface area contributed by atoms with E-state index < -0.39 is 11.8 Å². The first kappa shape index (κ1) is 14.9. The summed E-state index contributed by atoms with van der Waals surface area (Å²) in [6, 6.07) is 8.79. The lowest BCUT2D eigenvalue weighted by molar-refractivity contribution is 0.0953. The average Bonchev–Trinajstić information content (AvgIpc) is 3.06. The molecule has 4 rings (SSSR count). The van der Waals surface area contributed by atoms with E-state index in [0.717, 1.165) is 11.3 Å². The smallest absolute Gasteiger partial charge is 0.297 e. The summed E-state index contributed by atoms with van der Waals surface area (Å²) >= 11 is 0.919. The maximum Gasteiger partial charge on any atom is 0.309 e. The molecule has 1 aliphatic carbocycles. The van der Waals surface area contributed by atoms with Gasteiger partial charge >= 0.3 is 4.87 Å². The number of nitrogens with zero attached hydrogens (tertiary/aromatic N) is 4. The number of fused-ring (bicyclic) bond motifs is 1. The zero-order valence-corrected chi connectivity index (χ0v) is 13.1. The maximum atomic E-state index is 13.1. The molecule has 0 spiro atoms. The third kappa shape index (κ3) is 2.37. The third-order valence-corrected chi connectivity index (χ3v) is 4.97. The minimum atomic E-state index is -2.67. The highest BCUT2D eigenvalue weighted by Gasteiger charge is 2.56. The Morgan fingerprint density at radius 3 is 2.92 bits per heavy atom. The summed E-state index contributed by atoms with van der Waals surface area (Å²) in [5, 5.41) is 9.13. The van der Waals surface area contributed by atoms with Gasteiger partial charge in [0.1, 0.15) is 16.6 Å². The highest BCUT2D eigenvalue weighted by atomic mass is 32.1. The lowest BCUT2D eigenvalue weighted by Crippen LogP contribution is -2.15. The van der Waals surface area contributed by atoms with Crippen molar-refractivity contribution in [2.24, 2.45) is 5.92 Å². The standard InChI is InChI=1S/C16H10F2N4OS/c17-16(18)6-9(16)8-22-13-4-3-11(21-14(13)24-15(22)23)10-2-1-5-20-12(10)7-19/h1-5,9H,6,8H2. The van der Waals surface area contributed by atoms with Gasteiger partial charge in [0.2, 0.25) is 0 Å². The molecule has 1 saturated carbocycles. The molecular weight excluding hydrogens is 334 g/mol. The van der Waals surface area contributed by atoms with Crippen LogP contribution in [0.3, 0.4) is 0 Å². The molecule has 0 bridgehead atoms. The van der Waals surface area contributed by atoms with Crippen LogP contribution in [0.25, 0.3) is 21.6 Å². The molecule has 5 nitrogen and oxygen atoms in total. The van der Waals surface area contributed by atoms with Crippen molar-refractivity contribution in [2.45, 2.75) is 18.9 Å². The first-order chi connectivity index (χ1) is 11.5. The van der Waals surface area contributed by atoms with Crippen LogP contribution in [0.15, 0.2) is 35.3 Å². The molecule has 0 aliphatic heterocycles. The number of alkyl halides is 2. The van der Waals surface area contributed by atoms with Gasteiger partial charge in [-0.3, -0.25) is 9.36 Å². The third-order valence-electron chi connectivity index (χ3n) is 4.08. The van der Waals surface area contributed by atoms with Crippen LogP contribution in [0, 0.1) is 17.2 Å². The Labute approximate surface area is 138 Å². The number of thiazole rings is 1. The second-order valence-corrected chi connectivity index (χ2v) is 6.61. The molecule has 1 fully saturated rings. The molecule has 0 N–H and O–H groups in total. The molecule has 0 radical (unpaired) electrons. The maximum absolute atomic E-state index is 13.1. The van der Waals surface area contributed by atoms with E-state index in [1.165, 1.54) is 10.8 Å². The summed E-state index contributed by atoms with van der Waals surface area (Å²) in [6.45, 7) is 0.00317. The molecule has 1 atom stereocenters. The molecular formula is C16H10F2N4OS. The predicted molar refractivity (Wildman–Crippen MR) is 84.9 cm³/mol. The molecule has 120 valence electrons. The summed E-state index contributed by atoms with van der Waals surface area (Å²) in [6.07, 6.45) is 1.34. The van der Waals surface area contributed by atoms with Gasteiger partial charge in [-0.2, -0.15) is 5.26 Å². The molecule has 0 saturated heterocycles. The van der Waals surface area contributed by atoms with Crippen LogP contribution >= 0.6 is 11.3 Å². The SMILES string of the molecule is N#Cc1ncccc1-c1ccc2c(n1)sc(=O)n2CC1CC1(F)F. The summed E-state index contributed by atoms with van der Waals surface area (Å²) in [5.74, 6) is -3.45. The van der Waals surface area contributed by atoms with E-state index in [-0.39, 0.29) is 23.5 Å². The van der Waals surface area contributed by atoms with Gasteiger partial charge in [-0.25, -0.2) is 18.7 Å². The number of pyridine rings is 2. The first-order valence-electron chi connectivity index (χ1n) is 7.23. The number of rotatable bonds is 3. The minimum absolute atomic E-state index is 0.00317. The topological polar surface area (TPSA) is 71.6 Å². The second kappa shape index (κ2) is 5.18. The van der Waals surface area contributed by atoms with Gasteiger partial charge in [0.15, 0.2) is 0 Å². The summed E-state index contributed by atoms with van der Waals surface area (Å²) < 4.78 is 27.6. The van der Waals surface area contributed by atoms with E-state index in [2.05, 4.69) is 9.97 Å². The van der Waals surface area contributed by atoms with E-state index >= 15 is 0 Å². The number of hydrogen-bond acceptors (Lipinski definition) is 5. The molecule has 3 aromatic rings. The van der Waals surface area contributed by atoms with Crippen molar-refractivity contribution >= 4 is 21.7 Å². The Balaban J connectivity index is 1.78. The van der Waals surface area contributed by atoms with Gasteiger partial charge in [0, 0.05) is 30.6 Å². The monoisotopic (exact) mass is 344 g/mol. The van der Waals surface area contributed by atoms with Crippen LogP contribution in [0.4, 0.5) is 8.78 Å². The summed E-state index contributed by atoms with van der Waals surface area (Å²) in [4.78, 5) is 20.7. The molecule has 3 heterocycles. The van der Waals surface area contributed by atoms with Crippen LogP contribution in [0.2, 0.25) is 0 Å². The highest BCUT2D eigenvalue weighted by molar-refractivity contribution is 7.16. The molecule has 0 amide bonds. The van der Waals surface area contributed by atoms with Gasteiger partial charge in [-0.05, 0) is 24.3 Å². The van der Waals surface area contributed by atoms with Crippen LogP contribution < -0.4 is 4.87 Å². The van der Waals surface area contributed by atoms with Crippen molar-refractivity contribution in [3.05, 3.63) is 45.8 Å². The summed E-state index contributed by atoms with van der Waals surface area (Å²) in [5.41, 5.74) is 1.88. The van der Waals surface area contributed by atoms with Gasteiger partial charge in [0.05, 0.1) is 11.2 Å². The number of hydrogen-bond donors (Lipinski definition) is 0. The lowest BCUT2D eigenvalue weighted by atomic mass is 10.1. The van der Waals surface area contributed by atoms with E-state index in [0.29, 0.717) is 21.6 Å². The first-order valence-corrected chi connectivity index (χ1v) is 8.05. The number of aromatic nitrogens is 3. The van der Waals surface area contributed by atoms with Gasteiger partial charge in [0.25, 0.3) is 5.92 Å². The molecule has 1 aliphatic rings. The van der Waals surface area contributed by atoms with E-state index in [9.17, 15) is 13.6 Å².